The summed E-state index contributed by atoms with van der Waals surface area (Å²) in [6.07, 6.45) is -4.82. The topological polar surface area (TPSA) is 169 Å². The molecule has 1 atom stereocenters. The fraction of sp³-hybridized carbons (Fsp3) is 0.444. The van der Waals surface area contributed by atoms with E-state index in [9.17, 15) is 22.8 Å². The highest BCUT2D eigenvalue weighted by Crippen LogP contribution is 2.34. The van der Waals surface area contributed by atoms with Crippen molar-refractivity contribution in [3.05, 3.63) is 23.8 Å². The predicted molar refractivity (Wildman–Crippen MR) is 104 cm³/mol. The van der Waals surface area contributed by atoms with Crippen LogP contribution in [0.15, 0.2) is 23.2 Å². The monoisotopic (exact) mass is 448 g/mol. The van der Waals surface area contributed by atoms with E-state index >= 15 is 0 Å². The molecule has 1 heterocycles. The van der Waals surface area contributed by atoms with Crippen molar-refractivity contribution in [3.63, 3.8) is 0 Å². The Hall–Kier alpha value is -3.51. The van der Waals surface area contributed by atoms with Gasteiger partial charge in [-0.05, 0) is 25.0 Å². The minimum absolute atomic E-state index is 0.0104. The summed E-state index contributed by atoms with van der Waals surface area (Å²) in [5, 5.41) is 16.1. The number of carboxylic acid groups (broad SMARTS) is 2. The maximum Gasteiger partial charge on any atom is 0.490 e. The van der Waals surface area contributed by atoms with Crippen LogP contribution in [0.25, 0.3) is 0 Å². The molecule has 0 spiro atoms. The van der Waals surface area contributed by atoms with E-state index in [1.807, 2.05) is 13.0 Å². The summed E-state index contributed by atoms with van der Waals surface area (Å²) < 4.78 is 37.3. The second-order valence-corrected chi connectivity index (χ2v) is 6.33. The quantitative estimate of drug-likeness (QED) is 0.272. The Morgan fingerprint density at radius 2 is 1.90 bits per heavy atom. The van der Waals surface area contributed by atoms with E-state index in [1.165, 1.54) is 0 Å². The zero-order chi connectivity index (χ0) is 23.8. The first kappa shape index (κ1) is 25.5. The molecule has 2 rings (SSSR count). The number of fused-ring (bicyclic) bond motifs is 1. The minimum Gasteiger partial charge on any atom is -0.492 e. The summed E-state index contributed by atoms with van der Waals surface area (Å²) in [5.41, 5.74) is 12.2. The molecule has 6 N–H and O–H groups in total. The number of carbonyl (C=O) groups is 3. The van der Waals surface area contributed by atoms with E-state index < -0.39 is 24.0 Å². The predicted octanol–water partition coefficient (Wildman–Crippen LogP) is 0.972. The molecular formula is C18H23F3N4O6. The Morgan fingerprint density at radius 1 is 1.29 bits per heavy atom. The summed E-state index contributed by atoms with van der Waals surface area (Å²) in [4.78, 5) is 37.8. The number of rotatable bonds is 7. The van der Waals surface area contributed by atoms with Gasteiger partial charge in [0.1, 0.15) is 12.4 Å². The van der Waals surface area contributed by atoms with Gasteiger partial charge in [0.2, 0.25) is 5.91 Å². The van der Waals surface area contributed by atoms with Crippen LogP contribution in [0.5, 0.6) is 5.75 Å². The third kappa shape index (κ3) is 8.03. The minimum atomic E-state index is -5.08. The number of hydrogen-bond donors (Lipinski definition) is 4. The van der Waals surface area contributed by atoms with Crippen molar-refractivity contribution in [2.45, 2.75) is 25.9 Å². The largest absolute Gasteiger partial charge is 0.492 e. The summed E-state index contributed by atoms with van der Waals surface area (Å²) in [5.74, 6) is -3.78. The number of aliphatic carboxylic acids is 2. The van der Waals surface area contributed by atoms with E-state index in [-0.39, 0.29) is 18.3 Å². The van der Waals surface area contributed by atoms with Crippen molar-refractivity contribution in [1.29, 1.82) is 0 Å². The van der Waals surface area contributed by atoms with Crippen LogP contribution >= 0.6 is 0 Å². The van der Waals surface area contributed by atoms with E-state index in [0.29, 0.717) is 31.9 Å². The van der Waals surface area contributed by atoms with Gasteiger partial charge in [0.15, 0.2) is 5.96 Å². The van der Waals surface area contributed by atoms with Crippen LogP contribution in [-0.4, -0.2) is 59.9 Å². The first-order chi connectivity index (χ1) is 14.4. The average molecular weight is 448 g/mol. The Balaban J connectivity index is 0.000000592. The molecular weight excluding hydrogens is 425 g/mol. The molecule has 1 aromatic carbocycles. The molecule has 0 saturated carbocycles. The number of alkyl halides is 3. The van der Waals surface area contributed by atoms with Crippen molar-refractivity contribution in [2.75, 3.05) is 24.6 Å². The second-order valence-electron chi connectivity index (χ2n) is 6.33. The van der Waals surface area contributed by atoms with E-state index in [4.69, 9.17) is 31.2 Å². The maximum atomic E-state index is 12.5. The summed E-state index contributed by atoms with van der Waals surface area (Å²) in [6, 6.07) is 5.47. The second kappa shape index (κ2) is 11.0. The lowest BCUT2D eigenvalue weighted by atomic mass is 9.89. The molecule has 0 aromatic heterocycles. The Bertz CT molecular complexity index is 840. The lowest BCUT2D eigenvalue weighted by molar-refractivity contribution is -0.192. The van der Waals surface area contributed by atoms with Crippen molar-refractivity contribution in [3.8, 4) is 5.75 Å². The number of nitrogens with zero attached hydrogens (tertiary/aromatic N) is 2. The number of halogens is 3. The van der Waals surface area contributed by atoms with Gasteiger partial charge in [-0.15, -0.1) is 0 Å². The lowest BCUT2D eigenvalue weighted by Crippen LogP contribution is -2.42. The number of anilines is 1. The fourth-order valence-electron chi connectivity index (χ4n) is 2.78. The van der Waals surface area contributed by atoms with Crippen LogP contribution in [0, 0.1) is 5.92 Å². The van der Waals surface area contributed by atoms with Gasteiger partial charge in [0.25, 0.3) is 0 Å². The Labute approximate surface area is 175 Å². The number of aliphatic imine (C=N–C) groups is 1. The van der Waals surface area contributed by atoms with E-state index in [2.05, 4.69) is 4.99 Å². The number of carboxylic acids is 2. The van der Waals surface area contributed by atoms with E-state index in [1.54, 1.807) is 17.0 Å². The van der Waals surface area contributed by atoms with Crippen LogP contribution < -0.4 is 21.1 Å². The molecule has 0 saturated heterocycles. The molecule has 0 fully saturated rings. The molecule has 1 amide bonds. The highest BCUT2D eigenvalue weighted by atomic mass is 19.4. The zero-order valence-electron chi connectivity index (χ0n) is 16.6. The number of amides is 1. The van der Waals surface area contributed by atoms with Crippen molar-refractivity contribution in [2.24, 2.45) is 22.4 Å². The van der Waals surface area contributed by atoms with Crippen LogP contribution in [0.2, 0.25) is 0 Å². The van der Waals surface area contributed by atoms with Crippen LogP contribution in [0.3, 0.4) is 0 Å². The fourth-order valence-corrected chi connectivity index (χ4v) is 2.78. The molecule has 1 unspecified atom stereocenters. The van der Waals surface area contributed by atoms with Crippen LogP contribution in [0.4, 0.5) is 18.9 Å². The third-order valence-corrected chi connectivity index (χ3v) is 4.06. The Morgan fingerprint density at radius 3 is 2.39 bits per heavy atom. The lowest BCUT2D eigenvalue weighted by Gasteiger charge is -2.33. The Kier molecular flexibility index (Phi) is 9.09. The molecule has 1 aliphatic heterocycles. The maximum absolute atomic E-state index is 12.5. The summed E-state index contributed by atoms with van der Waals surface area (Å²) in [6.45, 7) is 2.99. The molecule has 172 valence electrons. The van der Waals surface area contributed by atoms with Crippen molar-refractivity contribution in [1.82, 2.24) is 0 Å². The molecule has 10 nitrogen and oxygen atoms in total. The molecule has 0 aliphatic carbocycles. The van der Waals surface area contributed by atoms with Crippen molar-refractivity contribution >= 4 is 29.5 Å². The van der Waals surface area contributed by atoms with E-state index in [0.717, 1.165) is 11.3 Å². The van der Waals surface area contributed by atoms with Crippen molar-refractivity contribution < 1.29 is 42.5 Å². The summed E-state index contributed by atoms with van der Waals surface area (Å²) >= 11 is 0. The standard InChI is InChI=1S/C16H22N4O4.C2HF3O2/c1-2-20-13-9-12(24-6-5-19-16(17)18)4-3-10(13)7-11(15(20)23)8-14(21)22;3-2(4,5)1(6)7/h3-4,9,11H,2,5-8H2,1H3,(H,21,22)(H4,17,18,19);(H,6,7). The number of hydrogen-bond acceptors (Lipinski definition) is 5. The smallest absolute Gasteiger partial charge is 0.490 e. The van der Waals surface area contributed by atoms with Crippen LogP contribution in [-0.2, 0) is 20.8 Å². The third-order valence-electron chi connectivity index (χ3n) is 4.06. The van der Waals surface area contributed by atoms with Gasteiger partial charge < -0.3 is 31.3 Å². The molecule has 13 heteroatoms. The first-order valence-corrected chi connectivity index (χ1v) is 9.01. The van der Waals surface area contributed by atoms with Gasteiger partial charge in [-0.1, -0.05) is 6.07 Å². The number of nitrogens with two attached hydrogens (primary N) is 2. The van der Waals surface area contributed by atoms with Gasteiger partial charge in [0.05, 0.1) is 24.6 Å². The highest BCUT2D eigenvalue weighted by molar-refractivity contribution is 5.99. The molecule has 31 heavy (non-hydrogen) atoms. The van der Waals surface area contributed by atoms with Gasteiger partial charge in [0, 0.05) is 12.6 Å². The molecule has 1 aliphatic rings. The number of guanidine groups is 1. The first-order valence-electron chi connectivity index (χ1n) is 9.01. The molecule has 1 aromatic rings. The van der Waals surface area contributed by atoms with Gasteiger partial charge in [-0.25, -0.2) is 4.79 Å². The molecule has 0 bridgehead atoms. The van der Waals surface area contributed by atoms with Crippen LogP contribution in [0.1, 0.15) is 18.9 Å². The average Bonchev–Trinajstić information content (AvgIpc) is 2.65. The number of benzene rings is 1. The zero-order valence-corrected chi connectivity index (χ0v) is 16.6. The number of ether oxygens (including phenoxy) is 1. The normalized spacial score (nSPS) is 15.3. The highest BCUT2D eigenvalue weighted by Gasteiger charge is 2.38. The van der Waals surface area contributed by atoms with Gasteiger partial charge >= 0.3 is 18.1 Å². The SMILES string of the molecule is CCN1C(=O)C(CC(=O)O)Cc2ccc(OCCN=C(N)N)cc21.O=C(O)C(F)(F)F. The number of carbonyl (C=O) groups excluding carboxylic acids is 1. The van der Waals surface area contributed by atoms with Gasteiger partial charge in [-0.2, -0.15) is 13.2 Å². The summed E-state index contributed by atoms with van der Waals surface area (Å²) in [7, 11) is 0. The van der Waals surface area contributed by atoms with Gasteiger partial charge in [-0.3, -0.25) is 14.6 Å². The molecule has 0 radical (unpaired) electrons.